The van der Waals surface area contributed by atoms with E-state index in [0.717, 1.165) is 26.1 Å². The summed E-state index contributed by atoms with van der Waals surface area (Å²) in [7, 11) is -3.01. The summed E-state index contributed by atoms with van der Waals surface area (Å²) in [5.74, 6) is 0.234. The van der Waals surface area contributed by atoms with Gasteiger partial charge in [0.1, 0.15) is 0 Å². The molecule has 92 valence electrons. The largest absolute Gasteiger partial charge is 0.304 e. The zero-order valence-electron chi connectivity index (χ0n) is 10.1. The van der Waals surface area contributed by atoms with Crippen LogP contribution in [-0.2, 0) is 10.0 Å². The van der Waals surface area contributed by atoms with Crippen molar-refractivity contribution in [2.75, 3.05) is 31.9 Å². The van der Waals surface area contributed by atoms with Gasteiger partial charge in [0.25, 0.3) is 0 Å². The molecule has 0 aliphatic rings. The number of hydrogen-bond donors (Lipinski definition) is 1. The Balaban J connectivity index is 3.62. The summed E-state index contributed by atoms with van der Waals surface area (Å²) >= 11 is 0. The van der Waals surface area contributed by atoms with Crippen molar-refractivity contribution in [3.8, 4) is 0 Å². The lowest BCUT2D eigenvalue weighted by atomic mass is 10.4. The number of nitrogens with one attached hydrogen (secondary N) is 1. The smallest absolute Gasteiger partial charge is 0.211 e. The van der Waals surface area contributed by atoms with Gasteiger partial charge in [0.05, 0.1) is 5.75 Å². The van der Waals surface area contributed by atoms with Crippen LogP contribution < -0.4 is 4.72 Å². The lowest BCUT2D eigenvalue weighted by Gasteiger charge is -2.17. The Morgan fingerprint density at radius 3 is 2.20 bits per heavy atom. The van der Waals surface area contributed by atoms with Crippen molar-refractivity contribution < 1.29 is 8.42 Å². The highest BCUT2D eigenvalue weighted by atomic mass is 32.2. The van der Waals surface area contributed by atoms with E-state index < -0.39 is 10.0 Å². The molecule has 0 heterocycles. The van der Waals surface area contributed by atoms with Crippen LogP contribution in [0.3, 0.4) is 0 Å². The normalized spacial score (nSPS) is 12.3. The highest BCUT2D eigenvalue weighted by molar-refractivity contribution is 7.89. The van der Waals surface area contributed by atoms with Crippen LogP contribution in [0.25, 0.3) is 0 Å². The average molecular weight is 236 g/mol. The van der Waals surface area contributed by atoms with Gasteiger partial charge in [-0.15, -0.1) is 0 Å². The van der Waals surface area contributed by atoms with Gasteiger partial charge >= 0.3 is 0 Å². The van der Waals surface area contributed by atoms with E-state index in [1.165, 1.54) is 0 Å². The number of rotatable bonds is 9. The Labute approximate surface area is 94.1 Å². The molecule has 0 aliphatic carbocycles. The summed E-state index contributed by atoms with van der Waals surface area (Å²) in [6.45, 7) is 9.67. The van der Waals surface area contributed by atoms with Gasteiger partial charge in [-0.3, -0.25) is 0 Å². The second-order valence-electron chi connectivity index (χ2n) is 3.59. The maximum atomic E-state index is 11.3. The first-order valence-corrected chi connectivity index (χ1v) is 7.40. The van der Waals surface area contributed by atoms with Gasteiger partial charge in [-0.25, -0.2) is 13.1 Å². The standard InChI is InChI=1S/C10H24N2O2S/c1-4-10-15(13,14)11-8-7-9-12(5-2)6-3/h11H,4-10H2,1-3H3. The second kappa shape index (κ2) is 8.07. The van der Waals surface area contributed by atoms with Crippen LogP contribution in [0.4, 0.5) is 0 Å². The van der Waals surface area contributed by atoms with Gasteiger partial charge < -0.3 is 4.90 Å². The van der Waals surface area contributed by atoms with E-state index in [2.05, 4.69) is 23.5 Å². The van der Waals surface area contributed by atoms with E-state index in [1.54, 1.807) is 0 Å². The SMILES string of the molecule is CCCS(=O)(=O)NCCCN(CC)CC. The maximum absolute atomic E-state index is 11.3. The Bertz CT molecular complexity index is 236. The lowest BCUT2D eigenvalue weighted by Crippen LogP contribution is -2.31. The highest BCUT2D eigenvalue weighted by Gasteiger charge is 2.07. The fraction of sp³-hybridized carbons (Fsp3) is 1.00. The molecule has 15 heavy (non-hydrogen) atoms. The molecule has 0 aromatic carbocycles. The first-order valence-electron chi connectivity index (χ1n) is 5.75. The molecule has 0 aromatic heterocycles. The van der Waals surface area contributed by atoms with Gasteiger partial charge in [-0.2, -0.15) is 0 Å². The van der Waals surface area contributed by atoms with Crippen molar-refractivity contribution in [2.45, 2.75) is 33.6 Å². The summed E-state index contributed by atoms with van der Waals surface area (Å²) in [6.07, 6.45) is 1.55. The van der Waals surface area contributed by atoms with Crippen LogP contribution in [0.2, 0.25) is 0 Å². The monoisotopic (exact) mass is 236 g/mol. The Kier molecular flexibility index (Phi) is 8.00. The van der Waals surface area contributed by atoms with Gasteiger partial charge in [-0.1, -0.05) is 20.8 Å². The number of hydrogen-bond acceptors (Lipinski definition) is 3. The molecule has 0 rings (SSSR count). The zero-order valence-corrected chi connectivity index (χ0v) is 10.9. The predicted octanol–water partition coefficient (Wildman–Crippen LogP) is 1.05. The fourth-order valence-corrected chi connectivity index (χ4v) is 2.55. The Morgan fingerprint density at radius 1 is 1.13 bits per heavy atom. The lowest BCUT2D eigenvalue weighted by molar-refractivity contribution is 0.300. The first kappa shape index (κ1) is 14.9. The molecule has 0 saturated heterocycles. The summed E-state index contributed by atoms with van der Waals surface area (Å²) in [4.78, 5) is 2.29. The molecular formula is C10H24N2O2S. The minimum atomic E-state index is -3.01. The first-order chi connectivity index (χ1) is 7.05. The molecule has 5 heteroatoms. The minimum absolute atomic E-state index is 0.234. The molecule has 0 aliphatic heterocycles. The molecule has 0 spiro atoms. The quantitative estimate of drug-likeness (QED) is 0.609. The molecule has 1 N–H and O–H groups in total. The summed E-state index contributed by atoms with van der Waals surface area (Å²) in [5.41, 5.74) is 0. The van der Waals surface area contributed by atoms with E-state index in [0.29, 0.717) is 13.0 Å². The third kappa shape index (κ3) is 7.76. The van der Waals surface area contributed by atoms with E-state index in [1.807, 2.05) is 6.92 Å². The molecule has 0 fully saturated rings. The molecular weight excluding hydrogens is 212 g/mol. The van der Waals surface area contributed by atoms with Crippen molar-refractivity contribution in [2.24, 2.45) is 0 Å². The molecule has 0 bridgehead atoms. The van der Waals surface area contributed by atoms with E-state index in [-0.39, 0.29) is 5.75 Å². The average Bonchev–Trinajstić information content (AvgIpc) is 2.18. The molecule has 0 atom stereocenters. The maximum Gasteiger partial charge on any atom is 0.211 e. The van der Waals surface area contributed by atoms with Crippen LogP contribution in [-0.4, -0.2) is 45.2 Å². The van der Waals surface area contributed by atoms with E-state index >= 15 is 0 Å². The van der Waals surface area contributed by atoms with Crippen LogP contribution in [0.5, 0.6) is 0 Å². The topological polar surface area (TPSA) is 49.4 Å². The third-order valence-electron chi connectivity index (χ3n) is 2.34. The van der Waals surface area contributed by atoms with E-state index in [4.69, 9.17) is 0 Å². The van der Waals surface area contributed by atoms with Gasteiger partial charge in [0, 0.05) is 6.54 Å². The van der Waals surface area contributed by atoms with Gasteiger partial charge in [0.15, 0.2) is 0 Å². The fourth-order valence-electron chi connectivity index (χ4n) is 1.41. The minimum Gasteiger partial charge on any atom is -0.304 e. The number of sulfonamides is 1. The summed E-state index contributed by atoms with van der Waals surface area (Å²) in [5, 5.41) is 0. The van der Waals surface area contributed by atoms with Gasteiger partial charge in [0.2, 0.25) is 10.0 Å². The van der Waals surface area contributed by atoms with Crippen molar-refractivity contribution in [3.05, 3.63) is 0 Å². The highest BCUT2D eigenvalue weighted by Crippen LogP contribution is 1.92. The third-order valence-corrected chi connectivity index (χ3v) is 3.93. The molecule has 0 aromatic rings. The number of nitrogens with zero attached hydrogens (tertiary/aromatic N) is 1. The van der Waals surface area contributed by atoms with Crippen molar-refractivity contribution in [1.29, 1.82) is 0 Å². The van der Waals surface area contributed by atoms with Crippen molar-refractivity contribution in [1.82, 2.24) is 9.62 Å². The van der Waals surface area contributed by atoms with E-state index in [9.17, 15) is 8.42 Å². The molecule has 0 unspecified atom stereocenters. The van der Waals surface area contributed by atoms with Gasteiger partial charge in [-0.05, 0) is 32.5 Å². The molecule has 0 saturated carbocycles. The molecule has 4 nitrogen and oxygen atoms in total. The zero-order chi connectivity index (χ0) is 11.7. The molecule has 0 amide bonds. The predicted molar refractivity (Wildman–Crippen MR) is 64.5 cm³/mol. The van der Waals surface area contributed by atoms with Crippen LogP contribution in [0.15, 0.2) is 0 Å². The molecule has 0 radical (unpaired) electrons. The van der Waals surface area contributed by atoms with Crippen LogP contribution >= 0.6 is 0 Å². The van der Waals surface area contributed by atoms with Crippen molar-refractivity contribution >= 4 is 10.0 Å². The summed E-state index contributed by atoms with van der Waals surface area (Å²) in [6, 6.07) is 0. The Hall–Kier alpha value is -0.130. The summed E-state index contributed by atoms with van der Waals surface area (Å²) < 4.78 is 25.2. The van der Waals surface area contributed by atoms with Crippen molar-refractivity contribution in [3.63, 3.8) is 0 Å². The Morgan fingerprint density at radius 2 is 1.73 bits per heavy atom. The van der Waals surface area contributed by atoms with Crippen LogP contribution in [0, 0.1) is 0 Å². The second-order valence-corrected chi connectivity index (χ2v) is 5.52. The van der Waals surface area contributed by atoms with Crippen LogP contribution in [0.1, 0.15) is 33.6 Å².